The van der Waals surface area contributed by atoms with Gasteiger partial charge in [-0.1, -0.05) is 23.2 Å². The predicted octanol–water partition coefficient (Wildman–Crippen LogP) is 3.64. The van der Waals surface area contributed by atoms with Crippen LogP contribution in [0.5, 0.6) is 11.5 Å². The Labute approximate surface area is 403 Å². The largest absolute Gasteiger partial charge is 0.456 e. The van der Waals surface area contributed by atoms with E-state index in [1.54, 1.807) is 0 Å². The Balaban J connectivity index is 0.000000207. The summed E-state index contributed by atoms with van der Waals surface area (Å²) in [5.41, 5.74) is -1.95. The molecular weight excluding hydrogens is 971 g/mol. The molecule has 23 nitrogen and oxygen atoms in total. The summed E-state index contributed by atoms with van der Waals surface area (Å²) in [5, 5.41) is 1.99. The smallest absolute Gasteiger partial charge is 0.349 e. The van der Waals surface area contributed by atoms with Crippen molar-refractivity contribution in [2.75, 3.05) is 33.0 Å². The van der Waals surface area contributed by atoms with Crippen LogP contribution in [0.1, 0.15) is 85.9 Å². The van der Waals surface area contributed by atoms with Gasteiger partial charge in [0.25, 0.3) is 35.4 Å². The molecule has 6 heterocycles. The zero-order valence-electron chi connectivity index (χ0n) is 37.1. The molecule has 0 bridgehead atoms. The minimum atomic E-state index is -0.874. The molecule has 0 aliphatic carbocycles. The Bertz CT molecular complexity index is 2960. The number of carbonyl (C=O) groups is 10. The second-order valence-electron chi connectivity index (χ2n) is 16.1. The van der Waals surface area contributed by atoms with Crippen molar-refractivity contribution in [3.05, 3.63) is 78.4 Å². The van der Waals surface area contributed by atoms with E-state index in [0.717, 1.165) is 0 Å². The highest BCUT2D eigenvalue weighted by atomic mass is 35.5. The van der Waals surface area contributed by atoms with Gasteiger partial charge in [-0.2, -0.15) is 0 Å². The zero-order chi connectivity index (χ0) is 50.6. The van der Waals surface area contributed by atoms with E-state index in [2.05, 4.69) is 0 Å². The number of halogens is 2. The molecule has 0 saturated carbocycles. The van der Waals surface area contributed by atoms with Gasteiger partial charge in [-0.05, 0) is 49.9 Å². The summed E-state index contributed by atoms with van der Waals surface area (Å²) >= 11 is 12.3. The van der Waals surface area contributed by atoms with Crippen LogP contribution in [-0.2, 0) is 52.8 Å². The van der Waals surface area contributed by atoms with Gasteiger partial charge < -0.3 is 42.5 Å². The van der Waals surface area contributed by atoms with Crippen LogP contribution in [0, 0.1) is 11.8 Å². The molecule has 4 aliphatic rings. The number of piperidine rings is 2. The van der Waals surface area contributed by atoms with Crippen LogP contribution in [0.25, 0.3) is 21.9 Å². The summed E-state index contributed by atoms with van der Waals surface area (Å²) in [6.45, 7) is 2.66. The maximum atomic E-state index is 13.0. The van der Waals surface area contributed by atoms with Crippen molar-refractivity contribution >= 4 is 104 Å². The summed E-state index contributed by atoms with van der Waals surface area (Å²) in [6, 6.07) is 8.21. The van der Waals surface area contributed by atoms with Crippen LogP contribution in [0.4, 0.5) is 0 Å². The number of ether oxygens (including phenoxy) is 3. The van der Waals surface area contributed by atoms with Gasteiger partial charge >= 0.3 is 35.1 Å². The summed E-state index contributed by atoms with van der Waals surface area (Å²) in [5.74, 6) is -7.01. The van der Waals surface area contributed by atoms with E-state index >= 15 is 0 Å². The summed E-state index contributed by atoms with van der Waals surface area (Å²) in [6.07, 6.45) is 0.938. The Morgan fingerprint density at radius 3 is 1.33 bits per heavy atom. The Hall–Kier alpha value is -7.66. The van der Waals surface area contributed by atoms with E-state index in [1.165, 1.54) is 60.0 Å². The highest BCUT2D eigenvalue weighted by Crippen LogP contribution is 2.32. The molecule has 2 aromatic carbocycles. The van der Waals surface area contributed by atoms with Gasteiger partial charge in [-0.25, -0.2) is 19.2 Å². The number of likely N-dealkylation sites (tertiary alicyclic amines) is 2. The third kappa shape index (κ3) is 11.4. The molecule has 4 aromatic rings. The molecule has 0 radical (unpaired) electrons. The van der Waals surface area contributed by atoms with E-state index < -0.39 is 82.4 Å². The van der Waals surface area contributed by atoms with Crippen LogP contribution >= 0.6 is 23.2 Å². The minimum absolute atomic E-state index is 0.00122. The second kappa shape index (κ2) is 21.3. The van der Waals surface area contributed by atoms with Gasteiger partial charge in [0.15, 0.2) is 5.75 Å². The van der Waals surface area contributed by atoms with Crippen LogP contribution < -0.4 is 20.7 Å². The molecule has 70 heavy (non-hydrogen) atoms. The van der Waals surface area contributed by atoms with E-state index in [0.29, 0.717) is 20.9 Å². The summed E-state index contributed by atoms with van der Waals surface area (Å²) in [7, 11) is 0. The number of amides is 6. The maximum absolute atomic E-state index is 13.0. The van der Waals surface area contributed by atoms with E-state index in [-0.39, 0.29) is 128 Å². The molecule has 4 fully saturated rings. The Morgan fingerprint density at radius 2 is 0.943 bits per heavy atom. The van der Waals surface area contributed by atoms with Gasteiger partial charge in [0, 0.05) is 88.6 Å². The van der Waals surface area contributed by atoms with Crippen molar-refractivity contribution in [3.8, 4) is 11.5 Å². The average molecular weight is 1010 g/mol. The standard InChI is InChI=1S/C23H21ClN2O10.C22H19ClN2O9/c1-12(27)33-11-34-18-10-17-14(9-16(18)24)8-15(23(32)35-17)21(30)25-6-4-13(5-7-25)22(31)36-26-19(28)2-3-20(26)29;1-11(26)32-17-10-16-13(9-15(17)23)8-14(22(31)33-16)20(29)24-6-4-12(5-7-24)21(30)34-25-18(27)2-3-19(25)28/h8-10,13H,2-7,11H2,1H3;8-10,12H,2-7H2,1H3. The highest BCUT2D eigenvalue weighted by molar-refractivity contribution is 6.33. The third-order valence-corrected chi connectivity index (χ3v) is 12.0. The molecule has 0 N–H and O–H groups in total. The van der Waals surface area contributed by atoms with Gasteiger partial charge in [0.1, 0.15) is 28.0 Å². The minimum Gasteiger partial charge on any atom is -0.456 e. The fourth-order valence-electron chi connectivity index (χ4n) is 7.68. The predicted molar refractivity (Wildman–Crippen MR) is 235 cm³/mol. The monoisotopic (exact) mass is 1010 g/mol. The number of hydrogen-bond acceptors (Lipinski definition) is 19. The van der Waals surface area contributed by atoms with Crippen molar-refractivity contribution in [3.63, 3.8) is 0 Å². The van der Waals surface area contributed by atoms with E-state index in [9.17, 15) is 57.5 Å². The van der Waals surface area contributed by atoms with E-state index in [1.807, 2.05) is 0 Å². The topological polar surface area (TPSA) is 290 Å². The van der Waals surface area contributed by atoms with Crippen LogP contribution in [0.3, 0.4) is 0 Å². The molecule has 368 valence electrons. The first-order valence-electron chi connectivity index (χ1n) is 21.5. The third-order valence-electron chi connectivity index (χ3n) is 11.4. The van der Waals surface area contributed by atoms with Crippen molar-refractivity contribution in [2.45, 2.75) is 65.2 Å². The first-order valence-corrected chi connectivity index (χ1v) is 22.3. The SMILES string of the molecule is CC(=O)OCOc1cc2oc(=O)c(C(=O)N3CCC(C(=O)ON4C(=O)CCC4=O)CC3)cc2cc1Cl.CC(=O)Oc1cc2oc(=O)c(C(=O)N3CCC(C(=O)ON4C(=O)CCC4=O)CC3)cc2cc1Cl. The fourth-order valence-corrected chi connectivity index (χ4v) is 8.12. The lowest BCUT2D eigenvalue weighted by Gasteiger charge is -2.31. The summed E-state index contributed by atoms with van der Waals surface area (Å²) in [4.78, 5) is 157. The van der Waals surface area contributed by atoms with E-state index in [4.69, 9.17) is 55.9 Å². The lowest BCUT2D eigenvalue weighted by molar-refractivity contribution is -0.201. The number of hydrogen-bond donors (Lipinski definition) is 0. The average Bonchev–Trinajstić information content (AvgIpc) is 3.81. The highest BCUT2D eigenvalue weighted by Gasteiger charge is 2.38. The molecule has 0 unspecified atom stereocenters. The van der Waals surface area contributed by atoms with Crippen molar-refractivity contribution in [1.29, 1.82) is 0 Å². The lowest BCUT2D eigenvalue weighted by atomic mass is 9.96. The molecule has 6 amide bonds. The van der Waals surface area contributed by atoms with Crippen molar-refractivity contribution in [1.82, 2.24) is 19.9 Å². The molecule has 0 atom stereocenters. The van der Waals surface area contributed by atoms with Gasteiger partial charge in [0.05, 0.1) is 21.9 Å². The van der Waals surface area contributed by atoms with Gasteiger partial charge in [0.2, 0.25) is 6.79 Å². The molecule has 8 rings (SSSR count). The fraction of sp³-hybridized carbons (Fsp3) is 0.378. The van der Waals surface area contributed by atoms with Crippen molar-refractivity contribution in [2.24, 2.45) is 11.8 Å². The molecule has 0 spiro atoms. The number of benzene rings is 2. The number of fused-ring (bicyclic) bond motifs is 2. The first-order chi connectivity index (χ1) is 33.3. The molecule has 25 heteroatoms. The number of hydroxylamine groups is 4. The Kier molecular flexibility index (Phi) is 15.3. The maximum Gasteiger partial charge on any atom is 0.349 e. The second-order valence-corrected chi connectivity index (χ2v) is 17.0. The molecule has 2 aromatic heterocycles. The van der Waals surface area contributed by atoms with Crippen LogP contribution in [0.2, 0.25) is 10.0 Å². The van der Waals surface area contributed by atoms with Crippen LogP contribution in [0.15, 0.2) is 54.8 Å². The first kappa shape index (κ1) is 50.2. The van der Waals surface area contributed by atoms with Crippen LogP contribution in [-0.4, -0.2) is 112 Å². The van der Waals surface area contributed by atoms with Gasteiger partial charge in [-0.15, -0.1) is 10.1 Å². The molecule has 4 saturated heterocycles. The van der Waals surface area contributed by atoms with Gasteiger partial charge in [-0.3, -0.25) is 38.4 Å². The number of carbonyl (C=O) groups excluding carboxylic acids is 10. The normalized spacial score (nSPS) is 16.6. The lowest BCUT2D eigenvalue weighted by Crippen LogP contribution is -2.43. The number of nitrogens with zero attached hydrogens (tertiary/aromatic N) is 4. The van der Waals surface area contributed by atoms with Crippen molar-refractivity contribution < 1.29 is 80.7 Å². The number of rotatable bonds is 10. The number of imide groups is 2. The Morgan fingerprint density at radius 1 is 0.557 bits per heavy atom. The number of esters is 2. The zero-order valence-corrected chi connectivity index (χ0v) is 38.6. The molecule has 4 aliphatic heterocycles. The quantitative estimate of drug-likeness (QED) is 0.0720. The summed E-state index contributed by atoms with van der Waals surface area (Å²) < 4.78 is 25.4. The molecular formula is C45H40Cl2N4O19.